The van der Waals surface area contributed by atoms with Gasteiger partial charge in [-0.25, -0.2) is 4.39 Å². The number of ether oxygens (including phenoxy) is 1. The van der Waals surface area contributed by atoms with Crippen molar-refractivity contribution in [1.82, 2.24) is 5.32 Å². The number of hydrogen-bond acceptors (Lipinski definition) is 3. The van der Waals surface area contributed by atoms with Crippen LogP contribution >= 0.6 is 0 Å². The third kappa shape index (κ3) is 3.68. The SMILES string of the molecule is OC1(CNCc2ccc(F)cc2C(F)(F)F)CCOC1. The summed E-state index contributed by atoms with van der Waals surface area (Å²) in [5.74, 6) is -0.927. The molecule has 7 heteroatoms. The van der Waals surface area contributed by atoms with Gasteiger partial charge in [-0.1, -0.05) is 6.07 Å². The van der Waals surface area contributed by atoms with E-state index in [1.807, 2.05) is 0 Å². The second kappa shape index (κ2) is 5.67. The second-order valence-electron chi connectivity index (χ2n) is 4.93. The topological polar surface area (TPSA) is 41.5 Å². The minimum Gasteiger partial charge on any atom is -0.386 e. The van der Waals surface area contributed by atoms with E-state index >= 15 is 0 Å². The Morgan fingerprint density at radius 1 is 1.35 bits per heavy atom. The Morgan fingerprint density at radius 2 is 2.10 bits per heavy atom. The van der Waals surface area contributed by atoms with E-state index in [9.17, 15) is 22.7 Å². The molecule has 0 saturated carbocycles. The first-order valence-electron chi connectivity index (χ1n) is 6.17. The van der Waals surface area contributed by atoms with Gasteiger partial charge in [0.25, 0.3) is 0 Å². The highest BCUT2D eigenvalue weighted by Gasteiger charge is 2.34. The van der Waals surface area contributed by atoms with Crippen LogP contribution in [0.25, 0.3) is 0 Å². The van der Waals surface area contributed by atoms with E-state index in [0.29, 0.717) is 19.1 Å². The zero-order valence-electron chi connectivity index (χ0n) is 10.6. The van der Waals surface area contributed by atoms with Crippen LogP contribution in [0.1, 0.15) is 17.5 Å². The van der Waals surface area contributed by atoms with Crippen LogP contribution in [0.2, 0.25) is 0 Å². The molecule has 0 amide bonds. The molecule has 1 unspecified atom stereocenters. The van der Waals surface area contributed by atoms with Crippen molar-refractivity contribution in [2.75, 3.05) is 19.8 Å². The van der Waals surface area contributed by atoms with E-state index in [2.05, 4.69) is 5.32 Å². The van der Waals surface area contributed by atoms with E-state index in [4.69, 9.17) is 4.74 Å². The third-order valence-corrected chi connectivity index (χ3v) is 3.23. The summed E-state index contributed by atoms with van der Waals surface area (Å²) in [5.41, 5.74) is -2.10. The van der Waals surface area contributed by atoms with Gasteiger partial charge in [0.2, 0.25) is 0 Å². The number of aliphatic hydroxyl groups is 1. The fourth-order valence-corrected chi connectivity index (χ4v) is 2.13. The monoisotopic (exact) mass is 293 g/mol. The Hall–Kier alpha value is -1.18. The molecule has 1 aromatic rings. The molecule has 1 fully saturated rings. The molecule has 0 bridgehead atoms. The second-order valence-corrected chi connectivity index (χ2v) is 4.93. The van der Waals surface area contributed by atoms with Crippen molar-refractivity contribution >= 4 is 0 Å². The van der Waals surface area contributed by atoms with Gasteiger partial charge in [-0.2, -0.15) is 13.2 Å². The van der Waals surface area contributed by atoms with Gasteiger partial charge in [0.1, 0.15) is 11.4 Å². The highest BCUT2D eigenvalue weighted by Crippen LogP contribution is 2.32. The fourth-order valence-electron chi connectivity index (χ4n) is 2.13. The summed E-state index contributed by atoms with van der Waals surface area (Å²) in [6, 6.07) is 2.56. The van der Waals surface area contributed by atoms with Crippen LogP contribution in [0.4, 0.5) is 17.6 Å². The van der Waals surface area contributed by atoms with E-state index in [1.165, 1.54) is 0 Å². The maximum Gasteiger partial charge on any atom is 0.416 e. The Morgan fingerprint density at radius 3 is 2.70 bits per heavy atom. The van der Waals surface area contributed by atoms with Crippen LogP contribution in [0, 0.1) is 5.82 Å². The first kappa shape index (κ1) is 15.2. The lowest BCUT2D eigenvalue weighted by molar-refractivity contribution is -0.138. The van der Waals surface area contributed by atoms with Gasteiger partial charge >= 0.3 is 6.18 Å². The molecule has 20 heavy (non-hydrogen) atoms. The summed E-state index contributed by atoms with van der Waals surface area (Å²) in [5, 5.41) is 12.7. The lowest BCUT2D eigenvalue weighted by atomic mass is 10.0. The lowest BCUT2D eigenvalue weighted by Crippen LogP contribution is -2.41. The summed E-state index contributed by atoms with van der Waals surface area (Å²) in [6.07, 6.45) is -4.16. The number of nitrogens with one attached hydrogen (secondary N) is 1. The summed E-state index contributed by atoms with van der Waals surface area (Å²) < 4.78 is 56.3. The smallest absolute Gasteiger partial charge is 0.386 e. The Balaban J connectivity index is 2.02. The first-order chi connectivity index (χ1) is 9.30. The Bertz CT molecular complexity index is 470. The number of benzene rings is 1. The number of hydrogen-bond donors (Lipinski definition) is 2. The minimum absolute atomic E-state index is 0.0542. The van der Waals surface area contributed by atoms with E-state index in [-0.39, 0.29) is 25.3 Å². The van der Waals surface area contributed by atoms with Crippen molar-refractivity contribution in [1.29, 1.82) is 0 Å². The zero-order valence-corrected chi connectivity index (χ0v) is 10.6. The zero-order chi connectivity index (χ0) is 14.8. The molecule has 2 rings (SSSR count). The summed E-state index contributed by atoms with van der Waals surface area (Å²) >= 11 is 0. The molecule has 0 aromatic heterocycles. The van der Waals surface area contributed by atoms with Gasteiger partial charge in [-0.3, -0.25) is 0 Å². The lowest BCUT2D eigenvalue weighted by Gasteiger charge is -2.21. The highest BCUT2D eigenvalue weighted by atomic mass is 19.4. The summed E-state index contributed by atoms with van der Waals surface area (Å²) in [7, 11) is 0. The van der Waals surface area contributed by atoms with Gasteiger partial charge < -0.3 is 15.2 Å². The molecule has 1 aromatic carbocycles. The molecule has 1 aliphatic rings. The summed E-state index contributed by atoms with van der Waals surface area (Å²) in [6.45, 7) is 0.622. The van der Waals surface area contributed by atoms with E-state index in [1.54, 1.807) is 0 Å². The number of alkyl halides is 3. The molecule has 1 saturated heterocycles. The molecule has 1 heterocycles. The standard InChI is InChI=1S/C13H15F4NO2/c14-10-2-1-9(11(5-10)13(15,16)17)6-18-7-12(19)3-4-20-8-12/h1-2,5,18-19H,3-4,6-8H2. The van der Waals surface area contributed by atoms with Crippen molar-refractivity contribution in [3.63, 3.8) is 0 Å². The Labute approximate surface area is 113 Å². The van der Waals surface area contributed by atoms with Crippen molar-refractivity contribution < 1.29 is 27.4 Å². The van der Waals surface area contributed by atoms with Crippen molar-refractivity contribution in [3.8, 4) is 0 Å². The average Bonchev–Trinajstić information content (AvgIpc) is 2.77. The molecular weight excluding hydrogens is 278 g/mol. The molecular formula is C13H15F4NO2. The maximum absolute atomic E-state index is 12.9. The van der Waals surface area contributed by atoms with Crippen LogP contribution in [-0.4, -0.2) is 30.5 Å². The van der Waals surface area contributed by atoms with Crippen LogP contribution in [0.15, 0.2) is 18.2 Å². The predicted molar refractivity (Wildman–Crippen MR) is 63.5 cm³/mol. The number of rotatable bonds is 4. The molecule has 1 aliphatic heterocycles. The van der Waals surface area contributed by atoms with E-state index in [0.717, 1.165) is 12.1 Å². The van der Waals surface area contributed by atoms with Crippen LogP contribution < -0.4 is 5.32 Å². The van der Waals surface area contributed by atoms with Crippen molar-refractivity contribution in [2.24, 2.45) is 0 Å². The van der Waals surface area contributed by atoms with Crippen LogP contribution in [0.3, 0.4) is 0 Å². The number of halogens is 4. The van der Waals surface area contributed by atoms with Gasteiger partial charge in [0.05, 0.1) is 12.2 Å². The highest BCUT2D eigenvalue weighted by molar-refractivity contribution is 5.30. The average molecular weight is 293 g/mol. The molecule has 3 nitrogen and oxygen atoms in total. The van der Waals surface area contributed by atoms with Gasteiger partial charge in [0, 0.05) is 26.1 Å². The third-order valence-electron chi connectivity index (χ3n) is 3.23. The molecule has 112 valence electrons. The first-order valence-corrected chi connectivity index (χ1v) is 6.17. The molecule has 2 N–H and O–H groups in total. The predicted octanol–water partition coefficient (Wildman–Crippen LogP) is 2.09. The minimum atomic E-state index is -4.60. The van der Waals surface area contributed by atoms with Gasteiger partial charge in [0.15, 0.2) is 0 Å². The largest absolute Gasteiger partial charge is 0.416 e. The quantitative estimate of drug-likeness (QED) is 0.835. The maximum atomic E-state index is 12.9. The normalized spacial score (nSPS) is 23.2. The molecule has 0 radical (unpaired) electrons. The molecule has 0 spiro atoms. The Kier molecular flexibility index (Phi) is 4.31. The molecule has 0 aliphatic carbocycles. The summed E-state index contributed by atoms with van der Waals surface area (Å²) in [4.78, 5) is 0. The van der Waals surface area contributed by atoms with Crippen LogP contribution in [-0.2, 0) is 17.5 Å². The fraction of sp³-hybridized carbons (Fsp3) is 0.538. The van der Waals surface area contributed by atoms with Crippen LogP contribution in [0.5, 0.6) is 0 Å². The molecule has 1 atom stereocenters. The van der Waals surface area contributed by atoms with Crippen molar-refractivity contribution in [2.45, 2.75) is 24.7 Å². The van der Waals surface area contributed by atoms with Gasteiger partial charge in [-0.15, -0.1) is 0 Å². The van der Waals surface area contributed by atoms with Crippen molar-refractivity contribution in [3.05, 3.63) is 35.1 Å². The van der Waals surface area contributed by atoms with E-state index < -0.39 is 23.2 Å². The van der Waals surface area contributed by atoms with Gasteiger partial charge in [-0.05, 0) is 17.7 Å².